The smallest absolute Gasteiger partial charge is 0.335 e. The van der Waals surface area contributed by atoms with Gasteiger partial charge in [-0.25, -0.2) is 4.79 Å². The zero-order valence-corrected chi connectivity index (χ0v) is 24.6. The van der Waals surface area contributed by atoms with Crippen LogP contribution < -0.4 is 18.0 Å². The number of rotatable bonds is 4. The summed E-state index contributed by atoms with van der Waals surface area (Å²) >= 11 is 0. The van der Waals surface area contributed by atoms with Gasteiger partial charge in [-0.3, -0.25) is 4.79 Å². The Balaban J connectivity index is 0.000000230. The molecule has 0 aliphatic carbocycles. The van der Waals surface area contributed by atoms with Gasteiger partial charge in [-0.05, 0) is 48.5 Å². The van der Waals surface area contributed by atoms with E-state index >= 15 is 0 Å². The summed E-state index contributed by atoms with van der Waals surface area (Å²) in [6.07, 6.45) is 7.84. The van der Waals surface area contributed by atoms with Crippen molar-refractivity contribution in [3.63, 3.8) is 0 Å². The van der Waals surface area contributed by atoms with Gasteiger partial charge in [0.25, 0.3) is 0 Å². The van der Waals surface area contributed by atoms with Gasteiger partial charge in [-0.2, -0.15) is 0 Å². The average Bonchev–Trinajstić information content (AvgIpc) is 3.80. The molecule has 4 aromatic heterocycles. The van der Waals surface area contributed by atoms with Gasteiger partial charge in [0.1, 0.15) is 0 Å². The van der Waals surface area contributed by atoms with Gasteiger partial charge in [-0.1, -0.05) is 36.4 Å². The summed E-state index contributed by atoms with van der Waals surface area (Å²) in [6, 6.07) is 26.8. The number of hydrogen-bond donors (Lipinski definition) is 8. The van der Waals surface area contributed by atoms with Crippen molar-refractivity contribution >= 4 is 55.5 Å². The second-order valence-corrected chi connectivity index (χ2v) is 10.1. The molecule has 0 atom stereocenters. The lowest BCUT2D eigenvalue weighted by Gasteiger charge is -2.00. The fourth-order valence-corrected chi connectivity index (χ4v) is 5.56. The molecule has 12 nitrogen and oxygen atoms in total. The third kappa shape index (κ3) is 5.83. The molecular formula is C34H35N7O5. The molecule has 0 saturated heterocycles. The first kappa shape index (κ1) is 34.3. The zero-order valence-electron chi connectivity index (χ0n) is 24.6. The summed E-state index contributed by atoms with van der Waals surface area (Å²) in [4.78, 5) is 35.5. The topological polar surface area (TPSA) is 277 Å². The number of aromatic nitrogens is 4. The highest BCUT2D eigenvalue weighted by Gasteiger charge is 2.14. The van der Waals surface area contributed by atoms with Gasteiger partial charge in [0.05, 0.1) is 5.56 Å². The molecule has 0 aliphatic heterocycles. The van der Waals surface area contributed by atoms with Crippen LogP contribution in [0.1, 0.15) is 20.7 Å². The largest absolute Gasteiger partial charge is 0.478 e. The van der Waals surface area contributed by atoms with Gasteiger partial charge < -0.3 is 54.0 Å². The maximum Gasteiger partial charge on any atom is 0.335 e. The summed E-state index contributed by atoms with van der Waals surface area (Å²) in [6.45, 7) is 0. The maximum absolute atomic E-state index is 11.4. The molecule has 0 radical (unpaired) electrons. The normalized spacial score (nSPS) is 10.3. The van der Waals surface area contributed by atoms with Crippen LogP contribution in [-0.4, -0.2) is 47.9 Å². The molecule has 46 heavy (non-hydrogen) atoms. The van der Waals surface area contributed by atoms with Crippen molar-refractivity contribution in [2.24, 2.45) is 5.73 Å². The van der Waals surface area contributed by atoms with Crippen molar-refractivity contribution < 1.29 is 25.6 Å². The van der Waals surface area contributed by atoms with Crippen molar-refractivity contribution in [3.8, 4) is 22.3 Å². The average molecular weight is 622 g/mol. The molecule has 17 N–H and O–H groups in total. The van der Waals surface area contributed by atoms with Crippen LogP contribution in [0.4, 0.5) is 0 Å². The number of carbonyl (C=O) groups excluding carboxylic acids is 1. The van der Waals surface area contributed by atoms with Crippen molar-refractivity contribution in [2.75, 3.05) is 0 Å². The van der Waals surface area contributed by atoms with Crippen LogP contribution in [0.2, 0.25) is 0 Å². The Hall–Kier alpha value is -6.18. The first-order valence-corrected chi connectivity index (χ1v) is 13.4. The van der Waals surface area contributed by atoms with E-state index in [2.05, 4.69) is 32.1 Å². The Kier molecular flexibility index (Phi) is 10.2. The number of benzene rings is 4. The third-order valence-corrected chi connectivity index (χ3v) is 7.65. The number of fused-ring (bicyclic) bond motifs is 4. The predicted molar refractivity (Wildman–Crippen MR) is 184 cm³/mol. The third-order valence-electron chi connectivity index (χ3n) is 7.65. The minimum Gasteiger partial charge on any atom is -0.478 e. The van der Waals surface area contributed by atoms with E-state index in [4.69, 9.17) is 10.8 Å². The van der Waals surface area contributed by atoms with Crippen molar-refractivity contribution in [1.29, 1.82) is 0 Å². The second kappa shape index (κ2) is 13.6. The molecule has 0 saturated carbocycles. The van der Waals surface area contributed by atoms with E-state index < -0.39 is 11.9 Å². The maximum atomic E-state index is 11.4. The first-order valence-electron chi connectivity index (χ1n) is 13.4. The number of primary amides is 1. The van der Waals surface area contributed by atoms with E-state index in [1.54, 1.807) is 24.3 Å². The molecule has 8 rings (SSSR count). The van der Waals surface area contributed by atoms with Crippen LogP contribution in [0.3, 0.4) is 0 Å². The number of nitrogens with two attached hydrogens (primary N) is 1. The van der Waals surface area contributed by atoms with E-state index in [1.165, 1.54) is 0 Å². The lowest BCUT2D eigenvalue weighted by atomic mass is 10.0. The summed E-state index contributed by atoms with van der Waals surface area (Å²) in [7, 11) is 0. The molecular weight excluding hydrogens is 586 g/mol. The van der Waals surface area contributed by atoms with Crippen molar-refractivity contribution in [2.45, 2.75) is 0 Å². The van der Waals surface area contributed by atoms with Crippen molar-refractivity contribution in [3.05, 3.63) is 121 Å². The van der Waals surface area contributed by atoms with E-state index in [0.717, 1.165) is 65.9 Å². The van der Waals surface area contributed by atoms with Crippen LogP contribution in [0.25, 0.3) is 65.9 Å². The molecule has 12 heteroatoms. The molecule has 236 valence electrons. The van der Waals surface area contributed by atoms with Crippen LogP contribution in [-0.2, 0) is 0 Å². The van der Waals surface area contributed by atoms with E-state index in [1.807, 2.05) is 73.3 Å². The highest BCUT2D eigenvalue weighted by molar-refractivity contribution is 6.08. The number of carbonyl (C=O) groups is 2. The highest BCUT2D eigenvalue weighted by atomic mass is 16.4. The summed E-state index contributed by atoms with van der Waals surface area (Å²) < 4.78 is 0. The standard InChI is InChI=1S/C17H13N3O.C17H12N2O2.2H3N.2H2O/c18-17(21)10-5-6-16-12(7-10)14(9-20-16)13-8-19-15-4-2-1-3-11(13)15;20-17(21)10-5-6-16-12(7-10)14(9-19-16)13-8-18-15-4-2-1-3-11(13)15;;;;/h1-9,19-20H,(H2,18,21);1-9,18-19H,(H,20,21);2*1H3;2*1H2. The summed E-state index contributed by atoms with van der Waals surface area (Å²) in [5, 5.41) is 13.4. The second-order valence-electron chi connectivity index (χ2n) is 10.1. The van der Waals surface area contributed by atoms with Gasteiger partial charge in [-0.15, -0.1) is 0 Å². The molecule has 1 amide bonds. The molecule has 8 aromatic rings. The first-order chi connectivity index (χ1) is 20.5. The fraction of sp³-hybridized carbons (Fsp3) is 0. The van der Waals surface area contributed by atoms with Gasteiger partial charge in [0, 0.05) is 96.2 Å². The minimum absolute atomic E-state index is 0. The molecule has 4 aromatic carbocycles. The molecule has 0 spiro atoms. The highest BCUT2D eigenvalue weighted by Crippen LogP contribution is 2.35. The quantitative estimate of drug-likeness (QED) is 0.115. The van der Waals surface area contributed by atoms with E-state index in [0.29, 0.717) is 11.1 Å². The molecule has 0 unspecified atom stereocenters. The fourth-order valence-electron chi connectivity index (χ4n) is 5.56. The number of H-pyrrole nitrogens is 4. The van der Waals surface area contributed by atoms with Crippen LogP contribution in [0.5, 0.6) is 0 Å². The van der Waals surface area contributed by atoms with E-state index in [9.17, 15) is 9.59 Å². The number of carboxylic acid groups (broad SMARTS) is 1. The van der Waals surface area contributed by atoms with Crippen LogP contribution in [0, 0.1) is 0 Å². The van der Waals surface area contributed by atoms with Gasteiger partial charge in [0.2, 0.25) is 5.91 Å². The number of nitrogens with one attached hydrogen (secondary N) is 4. The Labute approximate surface area is 262 Å². The summed E-state index contributed by atoms with van der Waals surface area (Å²) in [5.74, 6) is -1.33. The predicted octanol–water partition coefficient (Wildman–Crippen LogP) is 6.10. The Bertz CT molecular complexity index is 2130. The van der Waals surface area contributed by atoms with Crippen LogP contribution in [0.15, 0.2) is 110 Å². The Morgan fingerprint density at radius 1 is 0.500 bits per heavy atom. The number of aromatic carboxylic acids is 1. The van der Waals surface area contributed by atoms with Gasteiger partial charge >= 0.3 is 5.97 Å². The SMILES string of the molecule is N.N.NC(=O)c1ccc2[nH]cc(-c3c[nH]c4ccccc34)c2c1.O.O.O=C(O)c1ccc2[nH]cc(-c3c[nH]c4ccccc34)c2c1. The Morgan fingerprint density at radius 2 is 0.848 bits per heavy atom. The van der Waals surface area contributed by atoms with Crippen molar-refractivity contribution in [1.82, 2.24) is 32.2 Å². The lowest BCUT2D eigenvalue weighted by molar-refractivity contribution is 0.0696. The van der Waals surface area contributed by atoms with Gasteiger partial charge in [0.15, 0.2) is 0 Å². The minimum atomic E-state index is -0.914. The number of amides is 1. The molecule has 4 heterocycles. The van der Waals surface area contributed by atoms with Crippen LogP contribution >= 0.6 is 0 Å². The number of para-hydroxylation sites is 2. The summed E-state index contributed by atoms with van der Waals surface area (Å²) in [5.41, 5.74) is 14.5. The number of carboxylic acids is 1. The number of hydrogen-bond acceptors (Lipinski definition) is 4. The zero-order chi connectivity index (χ0) is 28.8. The monoisotopic (exact) mass is 621 g/mol. The van der Waals surface area contributed by atoms with E-state index in [-0.39, 0.29) is 23.3 Å². The molecule has 0 bridgehead atoms. The lowest BCUT2D eigenvalue weighted by Crippen LogP contribution is -2.10. The number of aromatic amines is 4. The molecule has 0 fully saturated rings. The molecule has 0 aliphatic rings. The Morgan fingerprint density at radius 3 is 1.26 bits per heavy atom.